The monoisotopic (exact) mass is 193 g/mol. The van der Waals surface area contributed by atoms with Crippen molar-refractivity contribution in [2.45, 2.75) is 6.92 Å². The minimum absolute atomic E-state index is 0.598. The highest BCUT2D eigenvalue weighted by molar-refractivity contribution is 6.39. The molecule has 0 unspecified atom stereocenters. The van der Waals surface area contributed by atoms with Crippen LogP contribution >= 0.6 is 0 Å². The summed E-state index contributed by atoms with van der Waals surface area (Å²) >= 11 is 0. The molecule has 0 saturated carbocycles. The van der Waals surface area contributed by atoms with Gasteiger partial charge in [0.05, 0.1) is 0 Å². The molecule has 14 heavy (non-hydrogen) atoms. The van der Waals surface area contributed by atoms with E-state index in [1.165, 1.54) is 0 Å². The zero-order valence-electron chi connectivity index (χ0n) is 7.70. The average Bonchev–Trinajstić information content (AvgIpc) is 2.20. The van der Waals surface area contributed by atoms with Crippen molar-refractivity contribution in [3.8, 4) is 0 Å². The number of aryl methyl sites for hydroxylation is 1. The Hall–Kier alpha value is -1.88. The molecule has 0 atom stereocenters. The van der Waals surface area contributed by atoms with E-state index in [2.05, 4.69) is 5.32 Å². The van der Waals surface area contributed by atoms with Gasteiger partial charge in [0.1, 0.15) is 0 Å². The molecule has 0 aliphatic heterocycles. The van der Waals surface area contributed by atoms with Crippen LogP contribution in [0.2, 0.25) is 0 Å². The first kappa shape index (κ1) is 10.2. The molecule has 5 heteroatoms. The summed E-state index contributed by atoms with van der Waals surface area (Å²) < 4.78 is 0. The minimum Gasteiger partial charge on any atom is -0.317 e. The lowest BCUT2D eigenvalue weighted by molar-refractivity contribution is -0.136. The molecule has 0 saturated heterocycles. The number of hydrogen-bond donors (Lipinski definition) is 3. The van der Waals surface area contributed by atoms with Crippen LogP contribution in [0.1, 0.15) is 5.56 Å². The lowest BCUT2D eigenvalue weighted by Crippen LogP contribution is -2.39. The molecule has 0 radical (unpaired) electrons. The maximum Gasteiger partial charge on any atom is 0.323 e. The molecule has 0 spiro atoms. The number of nitrogens with two attached hydrogens (primary N) is 1. The lowest BCUT2D eigenvalue weighted by Gasteiger charge is -2.06. The lowest BCUT2D eigenvalue weighted by atomic mass is 10.2. The molecule has 1 rings (SSSR count). The van der Waals surface area contributed by atoms with Gasteiger partial charge in [0, 0.05) is 5.69 Å². The SMILES string of the molecule is Cc1ccccc1NC(=O)C(=O)NN. The Labute approximate surface area is 81.3 Å². The summed E-state index contributed by atoms with van der Waals surface area (Å²) in [5.74, 6) is 3.16. The summed E-state index contributed by atoms with van der Waals surface area (Å²) in [4.78, 5) is 21.9. The first-order valence-electron chi connectivity index (χ1n) is 4.02. The highest BCUT2D eigenvalue weighted by Gasteiger charge is 2.11. The van der Waals surface area contributed by atoms with Gasteiger partial charge in [-0.15, -0.1) is 0 Å². The number of carbonyl (C=O) groups is 2. The van der Waals surface area contributed by atoms with Gasteiger partial charge >= 0.3 is 11.8 Å². The van der Waals surface area contributed by atoms with Crippen LogP contribution in [-0.2, 0) is 9.59 Å². The van der Waals surface area contributed by atoms with Crippen molar-refractivity contribution in [1.29, 1.82) is 0 Å². The normalized spacial score (nSPS) is 9.29. The smallest absolute Gasteiger partial charge is 0.317 e. The molecule has 2 amide bonds. The topological polar surface area (TPSA) is 84.2 Å². The highest BCUT2D eigenvalue weighted by Crippen LogP contribution is 2.12. The Morgan fingerprint density at radius 1 is 1.21 bits per heavy atom. The van der Waals surface area contributed by atoms with Crippen LogP contribution in [0, 0.1) is 6.92 Å². The summed E-state index contributed by atoms with van der Waals surface area (Å²) in [7, 11) is 0. The quantitative estimate of drug-likeness (QED) is 0.252. The standard InChI is InChI=1S/C9H11N3O2/c1-6-4-2-3-5-7(6)11-8(13)9(14)12-10/h2-5H,10H2,1H3,(H,11,13)(H,12,14). The molecule has 74 valence electrons. The van der Waals surface area contributed by atoms with Gasteiger partial charge in [0.2, 0.25) is 0 Å². The van der Waals surface area contributed by atoms with Gasteiger partial charge in [-0.2, -0.15) is 0 Å². The molecule has 5 nitrogen and oxygen atoms in total. The van der Waals surface area contributed by atoms with E-state index in [1.54, 1.807) is 17.6 Å². The van der Waals surface area contributed by atoms with Crippen LogP contribution in [0.25, 0.3) is 0 Å². The van der Waals surface area contributed by atoms with E-state index in [-0.39, 0.29) is 0 Å². The van der Waals surface area contributed by atoms with Crippen molar-refractivity contribution < 1.29 is 9.59 Å². The van der Waals surface area contributed by atoms with E-state index < -0.39 is 11.8 Å². The number of para-hydroxylation sites is 1. The van der Waals surface area contributed by atoms with Crippen molar-refractivity contribution in [3.05, 3.63) is 29.8 Å². The molecule has 0 fully saturated rings. The molecule has 0 heterocycles. The molecule has 1 aromatic rings. The Balaban J connectivity index is 2.75. The van der Waals surface area contributed by atoms with Crippen molar-refractivity contribution in [2.75, 3.05) is 5.32 Å². The number of anilines is 1. The summed E-state index contributed by atoms with van der Waals surface area (Å²) in [6.07, 6.45) is 0. The second-order valence-electron chi connectivity index (χ2n) is 2.74. The predicted octanol–water partition coefficient (Wildman–Crippen LogP) is -0.0766. The van der Waals surface area contributed by atoms with Crippen LogP contribution in [-0.4, -0.2) is 11.8 Å². The summed E-state index contributed by atoms with van der Waals surface area (Å²) in [6, 6.07) is 7.14. The first-order valence-corrected chi connectivity index (χ1v) is 4.02. The van der Waals surface area contributed by atoms with Crippen LogP contribution in [0.15, 0.2) is 24.3 Å². The summed E-state index contributed by atoms with van der Waals surface area (Å²) in [6.45, 7) is 1.83. The molecule has 1 aromatic carbocycles. The molecular formula is C9H11N3O2. The Morgan fingerprint density at radius 2 is 1.86 bits per heavy atom. The second kappa shape index (κ2) is 4.38. The van der Waals surface area contributed by atoms with Gasteiger partial charge < -0.3 is 5.32 Å². The second-order valence-corrected chi connectivity index (χ2v) is 2.74. The van der Waals surface area contributed by atoms with E-state index in [9.17, 15) is 9.59 Å². The molecule has 0 aliphatic rings. The van der Waals surface area contributed by atoms with Gasteiger partial charge in [-0.05, 0) is 18.6 Å². The Morgan fingerprint density at radius 3 is 2.43 bits per heavy atom. The number of amides is 2. The maximum absolute atomic E-state index is 11.1. The fourth-order valence-corrected chi connectivity index (χ4v) is 0.958. The van der Waals surface area contributed by atoms with Crippen molar-refractivity contribution in [2.24, 2.45) is 5.84 Å². The molecule has 0 bridgehead atoms. The summed E-state index contributed by atoms with van der Waals surface area (Å²) in [5.41, 5.74) is 3.23. The first-order chi connectivity index (χ1) is 6.65. The van der Waals surface area contributed by atoms with Crippen LogP contribution in [0.4, 0.5) is 5.69 Å². The zero-order valence-corrected chi connectivity index (χ0v) is 7.70. The Kier molecular flexibility index (Phi) is 3.19. The van der Waals surface area contributed by atoms with E-state index in [0.717, 1.165) is 5.56 Å². The van der Waals surface area contributed by atoms with E-state index >= 15 is 0 Å². The van der Waals surface area contributed by atoms with Gasteiger partial charge in [-0.1, -0.05) is 18.2 Å². The highest BCUT2D eigenvalue weighted by atomic mass is 16.2. The van der Waals surface area contributed by atoms with Gasteiger partial charge in [0.15, 0.2) is 0 Å². The predicted molar refractivity (Wildman–Crippen MR) is 52.1 cm³/mol. The number of carbonyl (C=O) groups excluding carboxylic acids is 2. The Bertz CT molecular complexity index is 363. The largest absolute Gasteiger partial charge is 0.323 e. The summed E-state index contributed by atoms with van der Waals surface area (Å²) in [5, 5.41) is 2.43. The molecule has 0 aliphatic carbocycles. The fourth-order valence-electron chi connectivity index (χ4n) is 0.958. The minimum atomic E-state index is -0.867. The third-order valence-electron chi connectivity index (χ3n) is 1.73. The van der Waals surface area contributed by atoms with Gasteiger partial charge in [-0.3, -0.25) is 15.0 Å². The van der Waals surface area contributed by atoms with Crippen molar-refractivity contribution >= 4 is 17.5 Å². The number of hydrogen-bond acceptors (Lipinski definition) is 3. The third-order valence-corrected chi connectivity index (χ3v) is 1.73. The number of rotatable bonds is 1. The van der Waals surface area contributed by atoms with E-state index in [4.69, 9.17) is 5.84 Å². The molecule has 0 aromatic heterocycles. The van der Waals surface area contributed by atoms with Crippen molar-refractivity contribution in [3.63, 3.8) is 0 Å². The van der Waals surface area contributed by atoms with Gasteiger partial charge in [-0.25, -0.2) is 5.84 Å². The van der Waals surface area contributed by atoms with E-state index in [1.807, 2.05) is 19.1 Å². The fraction of sp³-hybridized carbons (Fsp3) is 0.111. The van der Waals surface area contributed by atoms with Crippen molar-refractivity contribution in [1.82, 2.24) is 5.43 Å². The molecular weight excluding hydrogens is 182 g/mol. The number of benzene rings is 1. The van der Waals surface area contributed by atoms with Crippen LogP contribution in [0.3, 0.4) is 0 Å². The average molecular weight is 193 g/mol. The van der Waals surface area contributed by atoms with E-state index in [0.29, 0.717) is 5.69 Å². The van der Waals surface area contributed by atoms with Crippen LogP contribution < -0.4 is 16.6 Å². The maximum atomic E-state index is 11.1. The number of nitrogens with one attached hydrogen (secondary N) is 2. The number of hydrazine groups is 1. The zero-order chi connectivity index (χ0) is 10.6. The van der Waals surface area contributed by atoms with Gasteiger partial charge in [0.25, 0.3) is 0 Å². The third kappa shape index (κ3) is 2.30. The molecule has 4 N–H and O–H groups in total. The van der Waals surface area contributed by atoms with Crippen LogP contribution in [0.5, 0.6) is 0 Å².